The first kappa shape index (κ1) is 28.5. The molecule has 1 aromatic rings. The van der Waals surface area contributed by atoms with Crippen molar-refractivity contribution in [1.29, 1.82) is 0 Å². The van der Waals surface area contributed by atoms with Gasteiger partial charge in [0.05, 0.1) is 45.0 Å². The van der Waals surface area contributed by atoms with Crippen molar-refractivity contribution in [3.63, 3.8) is 0 Å². The van der Waals surface area contributed by atoms with Crippen molar-refractivity contribution in [3.05, 3.63) is 48.0 Å². The molecule has 1 aliphatic rings. The highest BCUT2D eigenvalue weighted by atomic mass is 16.5. The number of nitrogens with one attached hydrogen (secondary N) is 2. The third kappa shape index (κ3) is 13.1. The Morgan fingerprint density at radius 3 is 2.74 bits per heavy atom. The van der Waals surface area contributed by atoms with Gasteiger partial charge in [0.2, 0.25) is 11.8 Å². The van der Waals surface area contributed by atoms with Crippen molar-refractivity contribution in [2.45, 2.75) is 51.2 Å². The van der Waals surface area contributed by atoms with Crippen LogP contribution in [-0.4, -0.2) is 68.5 Å². The van der Waals surface area contributed by atoms with Crippen LogP contribution in [0.25, 0.3) is 0 Å². The zero-order valence-corrected chi connectivity index (χ0v) is 20.3. The van der Waals surface area contributed by atoms with Crippen LogP contribution in [0, 0.1) is 5.92 Å². The van der Waals surface area contributed by atoms with Crippen molar-refractivity contribution in [2.75, 3.05) is 39.6 Å². The molecule has 0 fully saturated rings. The quantitative estimate of drug-likeness (QED) is 0.246. The Morgan fingerprint density at radius 2 is 1.94 bits per heavy atom. The van der Waals surface area contributed by atoms with Gasteiger partial charge in [-0.05, 0) is 31.2 Å². The molecule has 0 bridgehead atoms. The molecular weight excluding hydrogens is 452 g/mol. The number of allylic oxidation sites excluding steroid dienone is 2. The molecule has 0 aromatic heterocycles. The monoisotopic (exact) mass is 490 g/mol. The molecule has 0 aliphatic carbocycles. The number of carbonyl (C=O) groups is 3. The molecule has 1 aliphatic heterocycles. The lowest BCUT2D eigenvalue weighted by atomic mass is 9.98. The summed E-state index contributed by atoms with van der Waals surface area (Å²) in [5.74, 6) is -1.41. The second-order valence-corrected chi connectivity index (χ2v) is 8.43. The number of amides is 2. The minimum Gasteiger partial charge on any atom is -0.463 e. The van der Waals surface area contributed by atoms with E-state index in [0.717, 1.165) is 24.8 Å². The zero-order chi connectivity index (χ0) is 25.1. The number of cyclic esters (lactones) is 1. The lowest BCUT2D eigenvalue weighted by Crippen LogP contribution is -2.45. The van der Waals surface area contributed by atoms with Crippen LogP contribution < -0.4 is 10.6 Å². The number of benzene rings is 1. The maximum atomic E-state index is 13.1. The third-order valence-electron chi connectivity index (χ3n) is 5.42. The molecule has 1 aromatic carbocycles. The first-order valence-electron chi connectivity index (χ1n) is 12.3. The molecule has 2 unspecified atom stereocenters. The molecule has 0 saturated carbocycles. The molecule has 1 heterocycles. The van der Waals surface area contributed by atoms with Crippen molar-refractivity contribution in [2.24, 2.45) is 5.92 Å². The Kier molecular flexibility index (Phi) is 14.4. The van der Waals surface area contributed by atoms with Gasteiger partial charge >= 0.3 is 5.97 Å². The summed E-state index contributed by atoms with van der Waals surface area (Å²) in [4.78, 5) is 37.6. The lowest BCUT2D eigenvalue weighted by Gasteiger charge is -2.22. The first-order valence-corrected chi connectivity index (χ1v) is 12.3. The van der Waals surface area contributed by atoms with E-state index in [2.05, 4.69) is 10.6 Å². The second kappa shape index (κ2) is 17.7. The molecule has 0 radical (unpaired) electrons. The highest BCUT2D eigenvalue weighted by molar-refractivity contribution is 5.86. The molecule has 9 heteroatoms. The number of rotatable bonds is 11. The number of aliphatic hydroxyl groups excluding tert-OH is 1. The van der Waals surface area contributed by atoms with Gasteiger partial charge < -0.3 is 30.0 Å². The van der Waals surface area contributed by atoms with E-state index < -0.39 is 12.0 Å². The van der Waals surface area contributed by atoms with Crippen LogP contribution in [0.2, 0.25) is 0 Å². The number of hydrogen-bond donors (Lipinski definition) is 3. The molecule has 2 atom stereocenters. The van der Waals surface area contributed by atoms with Crippen LogP contribution in [0.1, 0.15) is 44.1 Å². The number of aliphatic hydroxyl groups is 1. The van der Waals surface area contributed by atoms with Gasteiger partial charge in [-0.1, -0.05) is 42.5 Å². The Balaban J connectivity index is 1.97. The minimum absolute atomic E-state index is 0.0102. The van der Waals surface area contributed by atoms with E-state index in [1.165, 1.54) is 0 Å². The fourth-order valence-electron chi connectivity index (χ4n) is 3.53. The third-order valence-corrected chi connectivity index (χ3v) is 5.42. The summed E-state index contributed by atoms with van der Waals surface area (Å²) in [6, 6.07) is 9.13. The summed E-state index contributed by atoms with van der Waals surface area (Å²) >= 11 is 0. The molecule has 9 nitrogen and oxygen atoms in total. The van der Waals surface area contributed by atoms with Crippen molar-refractivity contribution >= 4 is 17.8 Å². The average molecular weight is 491 g/mol. The zero-order valence-electron chi connectivity index (χ0n) is 20.3. The number of carbonyl (C=O) groups excluding carboxylic acids is 3. The second-order valence-electron chi connectivity index (χ2n) is 8.43. The molecule has 194 valence electrons. The van der Waals surface area contributed by atoms with E-state index in [1.807, 2.05) is 42.5 Å². The molecule has 2 amide bonds. The molecule has 0 saturated heterocycles. The van der Waals surface area contributed by atoms with Gasteiger partial charge in [-0.2, -0.15) is 0 Å². The van der Waals surface area contributed by atoms with E-state index >= 15 is 0 Å². The largest absolute Gasteiger partial charge is 0.463 e. The highest BCUT2D eigenvalue weighted by Crippen LogP contribution is 2.13. The van der Waals surface area contributed by atoms with Gasteiger partial charge in [0.15, 0.2) is 0 Å². The molecular formula is C26H38N2O7. The van der Waals surface area contributed by atoms with Gasteiger partial charge in [-0.25, -0.2) is 0 Å². The van der Waals surface area contributed by atoms with Gasteiger partial charge in [0.25, 0.3) is 0 Å². The summed E-state index contributed by atoms with van der Waals surface area (Å²) < 4.78 is 16.3. The summed E-state index contributed by atoms with van der Waals surface area (Å²) in [5.41, 5.74) is 0.999. The molecule has 0 spiro atoms. The Morgan fingerprint density at radius 1 is 1.11 bits per heavy atom. The SMILES string of the molecule is O=C(CC1CC=CCCCCC(=O)OCC(COCc2ccccc2)NC1=O)NCCOCCO. The smallest absolute Gasteiger partial charge is 0.305 e. The van der Waals surface area contributed by atoms with Crippen molar-refractivity contribution in [1.82, 2.24) is 10.6 Å². The average Bonchev–Trinajstić information content (AvgIpc) is 2.85. The van der Waals surface area contributed by atoms with E-state index in [1.54, 1.807) is 0 Å². The van der Waals surface area contributed by atoms with Gasteiger partial charge in [-0.15, -0.1) is 0 Å². The molecule has 35 heavy (non-hydrogen) atoms. The van der Waals surface area contributed by atoms with E-state index in [4.69, 9.17) is 19.3 Å². The van der Waals surface area contributed by atoms with Crippen LogP contribution in [0.15, 0.2) is 42.5 Å². The summed E-state index contributed by atoms with van der Waals surface area (Å²) in [7, 11) is 0. The van der Waals surface area contributed by atoms with Crippen molar-refractivity contribution in [3.8, 4) is 0 Å². The summed E-state index contributed by atoms with van der Waals surface area (Å²) in [5, 5.41) is 14.4. The first-order chi connectivity index (χ1) is 17.1. The van der Waals surface area contributed by atoms with Crippen LogP contribution in [0.5, 0.6) is 0 Å². The van der Waals surface area contributed by atoms with E-state index in [9.17, 15) is 14.4 Å². The topological polar surface area (TPSA) is 123 Å². The highest BCUT2D eigenvalue weighted by Gasteiger charge is 2.24. The standard InChI is InChI=1S/C26H38N2O7/c29-14-16-33-15-13-27-24(30)17-22-11-7-2-1-3-8-12-25(31)35-20-23(28-26(22)32)19-34-18-21-9-5-4-6-10-21/h2,4-7,9-10,22-23,29H,1,3,8,11-20H2,(H,27,30)(H,28,32). The van der Waals surface area contributed by atoms with E-state index in [0.29, 0.717) is 26.0 Å². The fraction of sp³-hybridized carbons (Fsp3) is 0.577. The van der Waals surface area contributed by atoms with Crippen molar-refractivity contribution < 1.29 is 33.7 Å². The predicted octanol–water partition coefficient (Wildman–Crippen LogP) is 1.88. The lowest BCUT2D eigenvalue weighted by molar-refractivity contribution is -0.146. The Bertz CT molecular complexity index is 785. The number of hydrogen-bond acceptors (Lipinski definition) is 7. The summed E-state index contributed by atoms with van der Waals surface area (Å²) in [6.45, 7) is 1.28. The predicted molar refractivity (Wildman–Crippen MR) is 130 cm³/mol. The van der Waals surface area contributed by atoms with Gasteiger partial charge in [-0.3, -0.25) is 14.4 Å². The van der Waals surface area contributed by atoms with Crippen LogP contribution in [0.3, 0.4) is 0 Å². The van der Waals surface area contributed by atoms with Gasteiger partial charge in [0, 0.05) is 19.4 Å². The fourth-order valence-corrected chi connectivity index (χ4v) is 3.53. The van der Waals surface area contributed by atoms with Crippen LogP contribution in [-0.2, 0) is 35.2 Å². The van der Waals surface area contributed by atoms with Gasteiger partial charge in [0.1, 0.15) is 6.61 Å². The molecule has 2 rings (SSSR count). The Labute approximate surface area is 207 Å². The van der Waals surface area contributed by atoms with E-state index in [-0.39, 0.29) is 57.2 Å². The van der Waals surface area contributed by atoms with Crippen LogP contribution >= 0.6 is 0 Å². The minimum atomic E-state index is -0.570. The Hall–Kier alpha value is -2.75. The molecule has 3 N–H and O–H groups in total. The number of ether oxygens (including phenoxy) is 3. The maximum absolute atomic E-state index is 13.1. The summed E-state index contributed by atoms with van der Waals surface area (Å²) in [6.07, 6.45) is 7.07. The van der Waals surface area contributed by atoms with Crippen LogP contribution in [0.4, 0.5) is 0 Å². The normalized spacial score (nSPS) is 19.9. The number of esters is 1. The maximum Gasteiger partial charge on any atom is 0.305 e.